The van der Waals surface area contributed by atoms with E-state index in [0.29, 0.717) is 5.92 Å². The highest BCUT2D eigenvalue weighted by Gasteiger charge is 2.30. The molecule has 0 atom stereocenters. The van der Waals surface area contributed by atoms with Crippen LogP contribution in [-0.2, 0) is 15.9 Å². The van der Waals surface area contributed by atoms with Crippen molar-refractivity contribution in [2.45, 2.75) is 32.0 Å². The number of ether oxygens (including phenoxy) is 3. The summed E-state index contributed by atoms with van der Waals surface area (Å²) in [6.07, 6.45) is 4.72. The predicted molar refractivity (Wildman–Crippen MR) is 86.2 cm³/mol. The lowest BCUT2D eigenvalue weighted by Gasteiger charge is -2.33. The monoisotopic (exact) mass is 305 g/mol. The average Bonchev–Trinajstić information content (AvgIpc) is 3.10. The first-order valence-electron chi connectivity index (χ1n) is 8.44. The molecule has 2 aliphatic heterocycles. The normalized spacial score (nSPS) is 21.3. The van der Waals surface area contributed by atoms with Gasteiger partial charge in [0.1, 0.15) is 5.75 Å². The lowest BCUT2D eigenvalue weighted by atomic mass is 9.96. The fourth-order valence-electron chi connectivity index (χ4n) is 3.50. The number of methoxy groups -OCH3 is 1. The molecule has 1 aromatic rings. The van der Waals surface area contributed by atoms with Crippen LogP contribution in [0, 0.1) is 5.92 Å². The van der Waals surface area contributed by atoms with Crippen LogP contribution in [0.25, 0.3) is 0 Å². The van der Waals surface area contributed by atoms with Gasteiger partial charge in [-0.2, -0.15) is 0 Å². The van der Waals surface area contributed by atoms with Crippen LogP contribution in [0.1, 0.15) is 24.8 Å². The highest BCUT2D eigenvalue weighted by Crippen LogP contribution is 2.26. The Morgan fingerprint density at radius 1 is 1.14 bits per heavy atom. The van der Waals surface area contributed by atoms with Gasteiger partial charge in [0.15, 0.2) is 6.29 Å². The SMILES string of the molecule is COc1ccccc1CCCN1CCC(C2OCCO2)CC1. The van der Waals surface area contributed by atoms with Crippen LogP contribution >= 0.6 is 0 Å². The first kappa shape index (κ1) is 15.8. The average molecular weight is 305 g/mol. The molecule has 2 aliphatic rings. The molecule has 0 spiro atoms. The van der Waals surface area contributed by atoms with Crippen LogP contribution in [0.5, 0.6) is 5.75 Å². The van der Waals surface area contributed by atoms with Gasteiger partial charge >= 0.3 is 0 Å². The highest BCUT2D eigenvalue weighted by molar-refractivity contribution is 5.33. The molecule has 0 radical (unpaired) electrons. The number of rotatable bonds is 6. The number of likely N-dealkylation sites (tertiary alicyclic amines) is 1. The number of nitrogens with zero attached hydrogens (tertiary/aromatic N) is 1. The van der Waals surface area contributed by atoms with Gasteiger partial charge in [0, 0.05) is 5.92 Å². The van der Waals surface area contributed by atoms with Gasteiger partial charge in [0.05, 0.1) is 20.3 Å². The number of hydrogen-bond donors (Lipinski definition) is 0. The van der Waals surface area contributed by atoms with Gasteiger partial charge in [-0.25, -0.2) is 0 Å². The molecule has 2 fully saturated rings. The topological polar surface area (TPSA) is 30.9 Å². The Kier molecular flexibility index (Phi) is 5.70. The van der Waals surface area contributed by atoms with E-state index in [1.807, 2.05) is 12.1 Å². The lowest BCUT2D eigenvalue weighted by molar-refractivity contribution is -0.0973. The van der Waals surface area contributed by atoms with E-state index in [4.69, 9.17) is 14.2 Å². The van der Waals surface area contributed by atoms with Gasteiger partial charge in [-0.15, -0.1) is 0 Å². The Bertz CT molecular complexity index is 451. The summed E-state index contributed by atoms with van der Waals surface area (Å²) in [5, 5.41) is 0. The van der Waals surface area contributed by atoms with Crippen molar-refractivity contribution in [3.05, 3.63) is 29.8 Å². The highest BCUT2D eigenvalue weighted by atomic mass is 16.7. The summed E-state index contributed by atoms with van der Waals surface area (Å²) in [7, 11) is 1.75. The molecule has 0 aliphatic carbocycles. The summed E-state index contributed by atoms with van der Waals surface area (Å²) >= 11 is 0. The second kappa shape index (κ2) is 7.95. The zero-order valence-corrected chi connectivity index (χ0v) is 13.5. The molecule has 4 nitrogen and oxygen atoms in total. The Morgan fingerprint density at radius 2 is 1.86 bits per heavy atom. The molecule has 2 heterocycles. The Balaban J connectivity index is 1.38. The third kappa shape index (κ3) is 4.00. The maximum Gasteiger partial charge on any atom is 0.160 e. The minimum absolute atomic E-state index is 0.0655. The molecule has 1 aromatic carbocycles. The van der Waals surface area contributed by atoms with Crippen molar-refractivity contribution in [3.8, 4) is 5.75 Å². The molecule has 4 heteroatoms. The summed E-state index contributed by atoms with van der Waals surface area (Å²) in [6.45, 7) is 5.03. The van der Waals surface area contributed by atoms with Crippen LogP contribution < -0.4 is 4.74 Å². The molecule has 2 saturated heterocycles. The number of piperidine rings is 1. The van der Waals surface area contributed by atoms with E-state index in [1.165, 1.54) is 37.9 Å². The van der Waals surface area contributed by atoms with Crippen LogP contribution in [-0.4, -0.2) is 51.1 Å². The van der Waals surface area contributed by atoms with Crippen molar-refractivity contribution < 1.29 is 14.2 Å². The van der Waals surface area contributed by atoms with Gasteiger partial charge in [-0.3, -0.25) is 0 Å². The van der Waals surface area contributed by atoms with E-state index in [1.54, 1.807) is 7.11 Å². The third-order valence-corrected chi connectivity index (χ3v) is 4.78. The number of aryl methyl sites for hydroxylation is 1. The molecule has 0 amide bonds. The number of benzene rings is 1. The zero-order chi connectivity index (χ0) is 15.2. The summed E-state index contributed by atoms with van der Waals surface area (Å²) in [5.41, 5.74) is 1.31. The van der Waals surface area contributed by atoms with Crippen LogP contribution in [0.15, 0.2) is 24.3 Å². The second-order valence-corrected chi connectivity index (χ2v) is 6.20. The van der Waals surface area contributed by atoms with Crippen LogP contribution in [0.2, 0.25) is 0 Å². The smallest absolute Gasteiger partial charge is 0.160 e. The Labute approximate surface area is 133 Å². The van der Waals surface area contributed by atoms with Crippen molar-refractivity contribution in [3.63, 3.8) is 0 Å². The van der Waals surface area contributed by atoms with E-state index in [-0.39, 0.29) is 6.29 Å². The van der Waals surface area contributed by atoms with Crippen molar-refractivity contribution in [2.75, 3.05) is 40.0 Å². The Morgan fingerprint density at radius 3 is 2.59 bits per heavy atom. The zero-order valence-electron chi connectivity index (χ0n) is 13.5. The number of hydrogen-bond acceptors (Lipinski definition) is 4. The fourth-order valence-corrected chi connectivity index (χ4v) is 3.50. The molecule has 0 unspecified atom stereocenters. The first-order valence-corrected chi connectivity index (χ1v) is 8.44. The summed E-state index contributed by atoms with van der Waals surface area (Å²) in [6, 6.07) is 8.33. The fraction of sp³-hybridized carbons (Fsp3) is 0.667. The van der Waals surface area contributed by atoms with Gasteiger partial charge in [0.25, 0.3) is 0 Å². The molecule has 0 bridgehead atoms. The summed E-state index contributed by atoms with van der Waals surface area (Å²) in [4.78, 5) is 2.57. The van der Waals surface area contributed by atoms with E-state index < -0.39 is 0 Å². The van der Waals surface area contributed by atoms with Crippen LogP contribution in [0.3, 0.4) is 0 Å². The van der Waals surface area contributed by atoms with E-state index in [9.17, 15) is 0 Å². The largest absolute Gasteiger partial charge is 0.496 e. The molecule has 22 heavy (non-hydrogen) atoms. The third-order valence-electron chi connectivity index (χ3n) is 4.78. The van der Waals surface area contributed by atoms with Gasteiger partial charge in [-0.05, 0) is 56.9 Å². The summed E-state index contributed by atoms with van der Waals surface area (Å²) in [5.74, 6) is 1.60. The summed E-state index contributed by atoms with van der Waals surface area (Å²) < 4.78 is 16.7. The van der Waals surface area contributed by atoms with E-state index in [2.05, 4.69) is 17.0 Å². The first-order chi connectivity index (χ1) is 10.9. The predicted octanol–water partition coefficient (Wildman–Crippen LogP) is 2.71. The van der Waals surface area contributed by atoms with Gasteiger partial charge in [-0.1, -0.05) is 18.2 Å². The van der Waals surface area contributed by atoms with Crippen molar-refractivity contribution in [1.29, 1.82) is 0 Å². The molecule has 0 aromatic heterocycles. The maximum atomic E-state index is 5.64. The van der Waals surface area contributed by atoms with E-state index in [0.717, 1.165) is 31.9 Å². The minimum Gasteiger partial charge on any atom is -0.496 e. The maximum absolute atomic E-state index is 5.64. The molecular weight excluding hydrogens is 278 g/mol. The standard InChI is InChI=1S/C18H27NO3/c1-20-17-7-3-2-5-15(17)6-4-10-19-11-8-16(9-12-19)18-21-13-14-22-18/h2-3,5,7,16,18H,4,6,8-14H2,1H3. The number of para-hydroxylation sites is 1. The van der Waals surface area contributed by atoms with Crippen molar-refractivity contribution in [1.82, 2.24) is 4.90 Å². The van der Waals surface area contributed by atoms with Crippen LogP contribution in [0.4, 0.5) is 0 Å². The van der Waals surface area contributed by atoms with E-state index >= 15 is 0 Å². The van der Waals surface area contributed by atoms with Crippen molar-refractivity contribution in [2.24, 2.45) is 5.92 Å². The van der Waals surface area contributed by atoms with Gasteiger partial charge < -0.3 is 19.1 Å². The lowest BCUT2D eigenvalue weighted by Crippen LogP contribution is -2.38. The molecule has 3 rings (SSSR count). The minimum atomic E-state index is 0.0655. The van der Waals surface area contributed by atoms with Crippen molar-refractivity contribution >= 4 is 0 Å². The van der Waals surface area contributed by atoms with Gasteiger partial charge in [0.2, 0.25) is 0 Å². The second-order valence-electron chi connectivity index (χ2n) is 6.20. The quantitative estimate of drug-likeness (QED) is 0.808. The molecular formula is C18H27NO3. The molecule has 0 saturated carbocycles. The molecule has 0 N–H and O–H groups in total. The molecule has 122 valence electrons. The Hall–Kier alpha value is -1.10.